The number of sulfonamides is 1. The molecule has 0 spiro atoms. The van der Waals surface area contributed by atoms with Crippen LogP contribution in [0.4, 0.5) is 13.2 Å². The van der Waals surface area contributed by atoms with E-state index in [1.165, 1.54) is 24.0 Å². The zero-order chi connectivity index (χ0) is 18.7. The quantitative estimate of drug-likeness (QED) is 0.800. The van der Waals surface area contributed by atoms with Gasteiger partial charge in [-0.15, -0.1) is 0 Å². The fourth-order valence-electron chi connectivity index (χ4n) is 2.67. The number of aryl methyl sites for hydroxylation is 1. The normalized spacial score (nSPS) is 17.9. The molecule has 1 heterocycles. The Balaban J connectivity index is 2.20. The van der Waals surface area contributed by atoms with Crippen LogP contribution >= 0.6 is 0 Å². The van der Waals surface area contributed by atoms with Gasteiger partial charge in [0.05, 0.1) is 16.5 Å². The van der Waals surface area contributed by atoms with Crippen LogP contribution in [0.5, 0.6) is 0 Å². The highest BCUT2D eigenvalue weighted by molar-refractivity contribution is 7.89. The zero-order valence-corrected chi connectivity index (χ0v) is 14.4. The first-order valence-corrected chi connectivity index (χ1v) is 9.15. The lowest BCUT2D eigenvalue weighted by atomic mass is 10.2. The van der Waals surface area contributed by atoms with Crippen molar-refractivity contribution in [1.82, 2.24) is 14.9 Å². The minimum Gasteiger partial charge on any atom is -0.314 e. The van der Waals surface area contributed by atoms with Crippen LogP contribution in [-0.2, 0) is 10.0 Å². The largest absolute Gasteiger partial charge is 0.405 e. The first-order chi connectivity index (χ1) is 11.6. The molecule has 0 amide bonds. The van der Waals surface area contributed by atoms with Gasteiger partial charge in [0.25, 0.3) is 0 Å². The number of piperazine rings is 1. The van der Waals surface area contributed by atoms with Gasteiger partial charge in [-0.05, 0) is 24.6 Å². The lowest BCUT2D eigenvalue weighted by Crippen LogP contribution is -2.57. The van der Waals surface area contributed by atoms with Gasteiger partial charge in [-0.1, -0.05) is 6.07 Å². The fraction of sp³-hybridized carbons (Fsp3) is 0.533. The van der Waals surface area contributed by atoms with Crippen molar-refractivity contribution in [3.05, 3.63) is 29.3 Å². The summed E-state index contributed by atoms with van der Waals surface area (Å²) in [6, 6.07) is 3.98. The van der Waals surface area contributed by atoms with Gasteiger partial charge in [0.1, 0.15) is 6.04 Å². The molecule has 1 aliphatic heterocycles. The molecule has 10 heteroatoms. The Hall–Kier alpha value is -1.67. The predicted molar refractivity (Wildman–Crippen MR) is 85.4 cm³/mol. The van der Waals surface area contributed by atoms with Crippen LogP contribution in [-0.4, -0.2) is 58.3 Å². The number of halogens is 3. The predicted octanol–water partition coefficient (Wildman–Crippen LogP) is 0.981. The molecule has 1 atom stereocenters. The van der Waals surface area contributed by atoms with Crippen molar-refractivity contribution in [1.29, 1.82) is 5.26 Å². The van der Waals surface area contributed by atoms with Crippen molar-refractivity contribution in [3.63, 3.8) is 0 Å². The molecule has 0 bridgehead atoms. The summed E-state index contributed by atoms with van der Waals surface area (Å²) in [5.74, 6) is 0. The highest BCUT2D eigenvalue weighted by atomic mass is 32.2. The van der Waals surface area contributed by atoms with Crippen LogP contribution < -0.4 is 10.0 Å². The van der Waals surface area contributed by atoms with E-state index in [0.717, 1.165) is 6.07 Å². The van der Waals surface area contributed by atoms with Gasteiger partial charge in [0, 0.05) is 32.7 Å². The number of nitrogens with one attached hydrogen (secondary N) is 2. The van der Waals surface area contributed by atoms with Crippen molar-refractivity contribution in [3.8, 4) is 6.07 Å². The van der Waals surface area contributed by atoms with Crippen molar-refractivity contribution in [2.75, 3.05) is 32.7 Å². The summed E-state index contributed by atoms with van der Waals surface area (Å²) in [7, 11) is -4.16. The Bertz CT molecular complexity index is 753. The van der Waals surface area contributed by atoms with Gasteiger partial charge in [-0.3, -0.25) is 4.90 Å². The smallest absolute Gasteiger partial charge is 0.314 e. The third-order valence-corrected chi connectivity index (χ3v) is 5.61. The SMILES string of the molecule is Cc1ccc(C#N)cc1S(=O)(=O)NCC(N1CCNCC1)C(F)(F)F. The number of rotatable bonds is 5. The first-order valence-electron chi connectivity index (χ1n) is 7.67. The minimum absolute atomic E-state index is 0.125. The minimum atomic E-state index is -4.55. The van der Waals surface area contributed by atoms with Gasteiger partial charge in [-0.25, -0.2) is 13.1 Å². The van der Waals surface area contributed by atoms with Crippen molar-refractivity contribution in [2.24, 2.45) is 0 Å². The Morgan fingerprint density at radius 1 is 1.36 bits per heavy atom. The molecule has 1 aromatic carbocycles. The monoisotopic (exact) mass is 376 g/mol. The first kappa shape index (κ1) is 19.7. The molecule has 0 saturated carbocycles. The van der Waals surface area contributed by atoms with Crippen LogP contribution in [0.3, 0.4) is 0 Å². The van der Waals surface area contributed by atoms with Crippen LogP contribution in [0, 0.1) is 18.3 Å². The summed E-state index contributed by atoms with van der Waals surface area (Å²) < 4.78 is 66.9. The van der Waals surface area contributed by atoms with Gasteiger partial charge >= 0.3 is 6.18 Å². The molecule has 2 N–H and O–H groups in total. The molecular formula is C15H19F3N4O2S. The topological polar surface area (TPSA) is 85.2 Å². The Labute approximate surface area is 144 Å². The Morgan fingerprint density at radius 3 is 2.56 bits per heavy atom. The molecule has 0 aliphatic carbocycles. The number of hydrogen-bond donors (Lipinski definition) is 2. The summed E-state index contributed by atoms with van der Waals surface area (Å²) in [6.07, 6.45) is -4.55. The summed E-state index contributed by atoms with van der Waals surface area (Å²) in [5, 5.41) is 11.8. The number of nitriles is 1. The average Bonchev–Trinajstić information content (AvgIpc) is 2.55. The molecule has 2 rings (SSSR count). The van der Waals surface area contributed by atoms with Gasteiger partial charge in [-0.2, -0.15) is 18.4 Å². The van der Waals surface area contributed by atoms with Crippen LogP contribution in [0.25, 0.3) is 0 Å². The summed E-state index contributed by atoms with van der Waals surface area (Å²) in [4.78, 5) is 1.03. The molecule has 1 saturated heterocycles. The standard InChI is InChI=1S/C15H19F3N4O2S/c1-11-2-3-12(9-19)8-13(11)25(23,24)21-10-14(15(16,17)18)22-6-4-20-5-7-22/h2-3,8,14,20-21H,4-7,10H2,1H3. The van der Waals surface area contributed by atoms with Crippen molar-refractivity contribution < 1.29 is 21.6 Å². The van der Waals surface area contributed by atoms with E-state index in [1.807, 2.05) is 6.07 Å². The van der Waals surface area contributed by atoms with Crippen LogP contribution in [0.15, 0.2) is 23.1 Å². The molecule has 1 unspecified atom stereocenters. The molecule has 1 aromatic rings. The maximum absolute atomic E-state index is 13.3. The maximum atomic E-state index is 13.3. The summed E-state index contributed by atoms with van der Waals surface area (Å²) >= 11 is 0. The van der Waals surface area contributed by atoms with Crippen molar-refractivity contribution in [2.45, 2.75) is 24.0 Å². The van der Waals surface area contributed by atoms with E-state index in [-0.39, 0.29) is 23.5 Å². The molecule has 25 heavy (non-hydrogen) atoms. The maximum Gasteiger partial charge on any atom is 0.405 e. The van der Waals surface area contributed by atoms with E-state index in [4.69, 9.17) is 5.26 Å². The molecule has 1 fully saturated rings. The highest BCUT2D eigenvalue weighted by Crippen LogP contribution is 2.25. The van der Waals surface area contributed by atoms with Gasteiger partial charge in [0.15, 0.2) is 0 Å². The molecule has 138 valence electrons. The number of benzene rings is 1. The summed E-state index contributed by atoms with van der Waals surface area (Å²) in [6.45, 7) is 1.96. The highest BCUT2D eigenvalue weighted by Gasteiger charge is 2.44. The third-order valence-electron chi connectivity index (χ3n) is 4.04. The second kappa shape index (κ2) is 7.70. The van der Waals surface area contributed by atoms with Gasteiger partial charge in [0.2, 0.25) is 10.0 Å². The van der Waals surface area contributed by atoms with E-state index in [9.17, 15) is 21.6 Å². The van der Waals surface area contributed by atoms with Crippen LogP contribution in [0.1, 0.15) is 11.1 Å². The molecular weight excluding hydrogens is 357 g/mol. The fourth-order valence-corrected chi connectivity index (χ4v) is 3.98. The molecule has 0 radical (unpaired) electrons. The second-order valence-corrected chi connectivity index (χ2v) is 7.52. The lowest BCUT2D eigenvalue weighted by Gasteiger charge is -2.35. The Kier molecular flexibility index (Phi) is 6.05. The zero-order valence-electron chi connectivity index (χ0n) is 13.6. The summed E-state index contributed by atoms with van der Waals surface area (Å²) in [5.41, 5.74) is 0.484. The molecule has 6 nitrogen and oxygen atoms in total. The third kappa shape index (κ3) is 4.92. The number of alkyl halides is 3. The number of hydrogen-bond acceptors (Lipinski definition) is 5. The number of nitrogens with zero attached hydrogens (tertiary/aromatic N) is 2. The van der Waals surface area contributed by atoms with E-state index >= 15 is 0 Å². The average molecular weight is 376 g/mol. The lowest BCUT2D eigenvalue weighted by molar-refractivity contribution is -0.182. The van der Waals surface area contributed by atoms with E-state index in [2.05, 4.69) is 10.0 Å². The van der Waals surface area contributed by atoms with Gasteiger partial charge < -0.3 is 5.32 Å². The second-order valence-electron chi connectivity index (χ2n) is 5.79. The van der Waals surface area contributed by atoms with E-state index in [0.29, 0.717) is 18.7 Å². The van der Waals surface area contributed by atoms with Crippen molar-refractivity contribution >= 4 is 10.0 Å². The Morgan fingerprint density at radius 2 is 2.00 bits per heavy atom. The molecule has 1 aliphatic rings. The van der Waals surface area contributed by atoms with Crippen LogP contribution in [0.2, 0.25) is 0 Å². The molecule has 0 aromatic heterocycles. The van der Waals surface area contributed by atoms with E-state index < -0.39 is 28.8 Å². The van der Waals surface area contributed by atoms with E-state index in [1.54, 1.807) is 0 Å².